The van der Waals surface area contributed by atoms with Crippen LogP contribution in [0.1, 0.15) is 25.3 Å². The van der Waals surface area contributed by atoms with Crippen LogP contribution in [0, 0.1) is 11.3 Å². The minimum atomic E-state index is -0.212. The predicted molar refractivity (Wildman–Crippen MR) is 83.7 cm³/mol. The van der Waals surface area contributed by atoms with Gasteiger partial charge >= 0.3 is 0 Å². The molecular weight excluding hydrogens is 244 g/mol. The van der Waals surface area contributed by atoms with E-state index in [1.807, 2.05) is 0 Å². The van der Waals surface area contributed by atoms with Crippen molar-refractivity contribution in [3.8, 4) is 0 Å². The zero-order valence-corrected chi connectivity index (χ0v) is 11.9. The quantitative estimate of drug-likeness (QED) is 0.587. The van der Waals surface area contributed by atoms with Gasteiger partial charge in [0.1, 0.15) is 6.29 Å². The molecule has 102 valence electrons. The molecule has 0 unspecified atom stereocenters. The van der Waals surface area contributed by atoms with Gasteiger partial charge in [0.15, 0.2) is 0 Å². The maximum Gasteiger partial charge on any atom is 0.126 e. The monoisotopic (exact) mass is 264 g/mol. The van der Waals surface area contributed by atoms with E-state index in [-0.39, 0.29) is 5.41 Å². The number of hydrogen-bond donors (Lipinski definition) is 0. The molecule has 0 aliphatic heterocycles. The first kappa shape index (κ1) is 13.1. The van der Waals surface area contributed by atoms with Crippen LogP contribution in [0.4, 0.5) is 0 Å². The molecule has 0 amide bonds. The number of hydrogen-bond acceptors (Lipinski definition) is 1. The van der Waals surface area contributed by atoms with Crippen LogP contribution in [-0.2, 0) is 11.2 Å². The molecule has 1 nitrogen and oxygen atoms in total. The van der Waals surface area contributed by atoms with E-state index in [9.17, 15) is 4.79 Å². The normalized spacial score (nSPS) is 25.8. The molecule has 0 radical (unpaired) electrons. The summed E-state index contributed by atoms with van der Waals surface area (Å²) in [6.07, 6.45) is 8.25. The minimum Gasteiger partial charge on any atom is -0.303 e. The average Bonchev–Trinajstić information content (AvgIpc) is 2.47. The van der Waals surface area contributed by atoms with Crippen molar-refractivity contribution in [2.45, 2.75) is 26.2 Å². The summed E-state index contributed by atoms with van der Waals surface area (Å²) in [4.78, 5) is 11.7. The highest BCUT2D eigenvalue weighted by Gasteiger charge is 2.32. The molecule has 1 heteroatoms. The Hall–Kier alpha value is -1.89. The number of benzene rings is 2. The molecule has 0 fully saturated rings. The Morgan fingerprint density at radius 2 is 2.00 bits per heavy atom. The van der Waals surface area contributed by atoms with E-state index in [1.54, 1.807) is 0 Å². The van der Waals surface area contributed by atoms with Gasteiger partial charge in [-0.25, -0.2) is 0 Å². The third-order valence-electron chi connectivity index (χ3n) is 4.34. The van der Waals surface area contributed by atoms with Gasteiger partial charge in [-0.2, -0.15) is 0 Å². The molecule has 2 aromatic rings. The van der Waals surface area contributed by atoms with Gasteiger partial charge < -0.3 is 4.79 Å². The van der Waals surface area contributed by atoms with E-state index in [1.165, 1.54) is 22.6 Å². The molecule has 0 spiro atoms. The van der Waals surface area contributed by atoms with Gasteiger partial charge in [-0.15, -0.1) is 0 Å². The fraction of sp³-hybridized carbons (Fsp3) is 0.316. The van der Waals surface area contributed by atoms with Crippen molar-refractivity contribution in [2.24, 2.45) is 11.3 Å². The topological polar surface area (TPSA) is 17.1 Å². The number of fused-ring (bicyclic) bond motifs is 1. The zero-order valence-electron chi connectivity index (χ0n) is 11.9. The highest BCUT2D eigenvalue weighted by molar-refractivity contribution is 5.83. The van der Waals surface area contributed by atoms with Gasteiger partial charge in [0.25, 0.3) is 0 Å². The van der Waals surface area contributed by atoms with Crippen molar-refractivity contribution in [1.82, 2.24) is 0 Å². The molecule has 2 atom stereocenters. The number of carbonyl (C=O) groups excluding carboxylic acids is 1. The van der Waals surface area contributed by atoms with Crippen LogP contribution in [0.15, 0.2) is 54.6 Å². The number of allylic oxidation sites excluding steroid dienone is 2. The van der Waals surface area contributed by atoms with Gasteiger partial charge in [-0.1, -0.05) is 61.5 Å². The van der Waals surface area contributed by atoms with Gasteiger partial charge in [-0.3, -0.25) is 0 Å². The number of aldehydes is 1. The predicted octanol–water partition coefficient (Wildman–Crippen LogP) is 4.55. The summed E-state index contributed by atoms with van der Waals surface area (Å²) in [6, 6.07) is 14.9. The van der Waals surface area contributed by atoms with E-state index in [2.05, 4.69) is 61.5 Å². The van der Waals surface area contributed by atoms with E-state index in [4.69, 9.17) is 0 Å². The highest BCUT2D eigenvalue weighted by atomic mass is 16.1. The number of rotatable bonds is 3. The standard InChI is InChI=1S/C19H20O/c1-15-5-4-10-19(12-15,14-20)13-16-8-9-17-6-2-3-7-18(17)11-16/h2-9,11,14-15H,10,12-13H2,1H3/t15-,19-/m1/s1. The molecule has 3 rings (SSSR count). The second-order valence-corrected chi connectivity index (χ2v) is 6.15. The van der Waals surface area contributed by atoms with Gasteiger partial charge in [-0.05, 0) is 41.5 Å². The molecule has 20 heavy (non-hydrogen) atoms. The summed E-state index contributed by atoms with van der Waals surface area (Å²) in [5, 5.41) is 2.51. The molecule has 0 bridgehead atoms. The molecule has 2 aromatic carbocycles. The molecule has 0 saturated carbocycles. The van der Waals surface area contributed by atoms with Gasteiger partial charge in [0.2, 0.25) is 0 Å². The largest absolute Gasteiger partial charge is 0.303 e. The summed E-state index contributed by atoms with van der Waals surface area (Å²) in [5.74, 6) is 0.495. The first-order chi connectivity index (χ1) is 9.71. The van der Waals surface area contributed by atoms with Crippen LogP contribution in [-0.4, -0.2) is 6.29 Å². The van der Waals surface area contributed by atoms with Crippen LogP contribution < -0.4 is 0 Å². The second-order valence-electron chi connectivity index (χ2n) is 6.15. The van der Waals surface area contributed by atoms with Crippen LogP contribution in [0.2, 0.25) is 0 Å². The van der Waals surface area contributed by atoms with E-state index in [0.717, 1.165) is 19.3 Å². The smallest absolute Gasteiger partial charge is 0.126 e. The molecule has 0 N–H and O–H groups in total. The third-order valence-corrected chi connectivity index (χ3v) is 4.34. The summed E-state index contributed by atoms with van der Waals surface area (Å²) >= 11 is 0. The summed E-state index contributed by atoms with van der Waals surface area (Å²) in [6.45, 7) is 2.19. The molecule has 0 saturated heterocycles. The van der Waals surface area contributed by atoms with Crippen molar-refractivity contribution in [2.75, 3.05) is 0 Å². The number of carbonyl (C=O) groups is 1. The Balaban J connectivity index is 1.91. The van der Waals surface area contributed by atoms with E-state index in [0.29, 0.717) is 5.92 Å². The zero-order chi connectivity index (χ0) is 14.0. The lowest BCUT2D eigenvalue weighted by Crippen LogP contribution is -2.29. The fourth-order valence-electron chi connectivity index (χ4n) is 3.37. The Labute approximate surface area is 120 Å². The van der Waals surface area contributed by atoms with Gasteiger partial charge in [0, 0.05) is 5.41 Å². The van der Waals surface area contributed by atoms with Crippen LogP contribution >= 0.6 is 0 Å². The molecule has 1 aliphatic rings. The third kappa shape index (κ3) is 2.53. The maximum atomic E-state index is 11.7. The minimum absolute atomic E-state index is 0.212. The lowest BCUT2D eigenvalue weighted by atomic mass is 9.71. The van der Waals surface area contributed by atoms with E-state index < -0.39 is 0 Å². The highest BCUT2D eigenvalue weighted by Crippen LogP contribution is 2.37. The first-order valence-corrected chi connectivity index (χ1v) is 7.31. The summed E-state index contributed by atoms with van der Waals surface area (Å²) in [5.41, 5.74) is 1.05. The lowest BCUT2D eigenvalue weighted by molar-refractivity contribution is -0.117. The van der Waals surface area contributed by atoms with Crippen LogP contribution in [0.3, 0.4) is 0 Å². The summed E-state index contributed by atoms with van der Waals surface area (Å²) in [7, 11) is 0. The fourth-order valence-corrected chi connectivity index (χ4v) is 3.37. The SMILES string of the molecule is C[C@@H]1C=CC[C@](C=O)(Cc2ccc3ccccc3c2)C1. The Morgan fingerprint density at radius 1 is 1.20 bits per heavy atom. The first-order valence-electron chi connectivity index (χ1n) is 7.31. The van der Waals surface area contributed by atoms with Crippen molar-refractivity contribution in [3.63, 3.8) is 0 Å². The van der Waals surface area contributed by atoms with Crippen molar-refractivity contribution < 1.29 is 4.79 Å². The Kier molecular flexibility index (Phi) is 3.43. The maximum absolute atomic E-state index is 11.7. The van der Waals surface area contributed by atoms with Gasteiger partial charge in [0.05, 0.1) is 0 Å². The average molecular weight is 264 g/mol. The van der Waals surface area contributed by atoms with Crippen molar-refractivity contribution in [3.05, 3.63) is 60.2 Å². The second kappa shape index (κ2) is 5.24. The molecule has 0 aromatic heterocycles. The van der Waals surface area contributed by atoms with Crippen LogP contribution in [0.25, 0.3) is 10.8 Å². The van der Waals surface area contributed by atoms with Crippen molar-refractivity contribution in [1.29, 1.82) is 0 Å². The van der Waals surface area contributed by atoms with Crippen LogP contribution in [0.5, 0.6) is 0 Å². The van der Waals surface area contributed by atoms with Crippen molar-refractivity contribution >= 4 is 17.1 Å². The Morgan fingerprint density at radius 3 is 2.75 bits per heavy atom. The molecular formula is C19H20O. The molecule has 0 heterocycles. The lowest BCUT2D eigenvalue weighted by Gasteiger charge is -2.32. The summed E-state index contributed by atoms with van der Waals surface area (Å²) < 4.78 is 0. The molecule has 1 aliphatic carbocycles. The van der Waals surface area contributed by atoms with E-state index >= 15 is 0 Å². The Bertz CT molecular complexity index is 656.